The number of ether oxygens (including phenoxy) is 1. The Hall–Kier alpha value is -3.73. The fourth-order valence-corrected chi connectivity index (χ4v) is 4.14. The molecule has 0 fully saturated rings. The number of anilines is 2. The zero-order chi connectivity index (χ0) is 25.8. The lowest BCUT2D eigenvalue weighted by Crippen LogP contribution is -2.47. The molecule has 0 saturated carbocycles. The Kier molecular flexibility index (Phi) is 7.59. The van der Waals surface area contributed by atoms with Crippen LogP contribution in [0.5, 0.6) is 11.5 Å². The van der Waals surface area contributed by atoms with E-state index in [2.05, 4.69) is 5.32 Å². The lowest BCUT2D eigenvalue weighted by Gasteiger charge is -2.27. The van der Waals surface area contributed by atoms with Gasteiger partial charge in [0.25, 0.3) is 0 Å². The number of rotatable bonds is 9. The maximum Gasteiger partial charge on any atom is 0.416 e. The number of carbonyl (C=O) groups is 1. The van der Waals surface area contributed by atoms with Crippen LogP contribution in [0, 0.1) is 6.92 Å². The van der Waals surface area contributed by atoms with E-state index in [1.165, 1.54) is 24.3 Å². The highest BCUT2D eigenvalue weighted by Gasteiger charge is 2.31. The minimum atomic E-state index is -4.58. The van der Waals surface area contributed by atoms with Gasteiger partial charge in [-0.25, -0.2) is 8.42 Å². The van der Waals surface area contributed by atoms with E-state index >= 15 is 0 Å². The normalized spacial score (nSPS) is 12.6. The van der Waals surface area contributed by atoms with Gasteiger partial charge in [-0.2, -0.15) is 13.2 Å². The van der Waals surface area contributed by atoms with E-state index in [4.69, 9.17) is 10.5 Å². The highest BCUT2D eigenvalue weighted by Crippen LogP contribution is 2.31. The molecule has 35 heavy (non-hydrogen) atoms. The summed E-state index contributed by atoms with van der Waals surface area (Å²) in [6.07, 6.45) is -3.63. The van der Waals surface area contributed by atoms with Crippen molar-refractivity contribution in [1.82, 2.24) is 0 Å². The van der Waals surface area contributed by atoms with Crippen LogP contribution < -0.4 is 20.1 Å². The van der Waals surface area contributed by atoms with Gasteiger partial charge in [-0.1, -0.05) is 23.8 Å². The van der Waals surface area contributed by atoms with E-state index in [1.807, 2.05) is 19.1 Å². The number of primary amides is 1. The molecule has 3 N–H and O–H groups in total. The first-order valence-electron chi connectivity index (χ1n) is 10.4. The van der Waals surface area contributed by atoms with Crippen LogP contribution in [0.3, 0.4) is 0 Å². The monoisotopic (exact) mass is 507 g/mol. The molecule has 1 amide bonds. The quantitative estimate of drug-likeness (QED) is 0.443. The molecular formula is C24H24F3N3O4S. The number of nitrogens with zero attached hydrogens (tertiary/aromatic N) is 1. The van der Waals surface area contributed by atoms with Crippen molar-refractivity contribution in [2.45, 2.75) is 19.1 Å². The maximum absolute atomic E-state index is 13.0. The van der Waals surface area contributed by atoms with Crippen LogP contribution in [0.25, 0.3) is 0 Å². The number of sulfonamides is 1. The third kappa shape index (κ3) is 7.12. The van der Waals surface area contributed by atoms with Crippen molar-refractivity contribution in [2.75, 3.05) is 22.4 Å². The van der Waals surface area contributed by atoms with Gasteiger partial charge in [0.15, 0.2) is 0 Å². The highest BCUT2D eigenvalue weighted by molar-refractivity contribution is 7.92. The van der Waals surface area contributed by atoms with Gasteiger partial charge in [-0.05, 0) is 61.5 Å². The van der Waals surface area contributed by atoms with E-state index < -0.39 is 40.3 Å². The van der Waals surface area contributed by atoms with E-state index in [-0.39, 0.29) is 11.4 Å². The summed E-state index contributed by atoms with van der Waals surface area (Å²) >= 11 is 0. The Morgan fingerprint density at radius 1 is 1.03 bits per heavy atom. The molecule has 0 aromatic heterocycles. The van der Waals surface area contributed by atoms with Gasteiger partial charge < -0.3 is 15.8 Å². The lowest BCUT2D eigenvalue weighted by molar-refractivity contribution is -0.137. The van der Waals surface area contributed by atoms with Crippen LogP contribution in [0.15, 0.2) is 72.8 Å². The molecule has 0 aliphatic heterocycles. The van der Waals surface area contributed by atoms with Crippen molar-refractivity contribution in [3.8, 4) is 11.5 Å². The fourth-order valence-electron chi connectivity index (χ4n) is 3.21. The summed E-state index contributed by atoms with van der Waals surface area (Å²) in [5, 5.41) is 2.61. The molecule has 0 saturated heterocycles. The number of nitrogens with one attached hydrogen (secondary N) is 1. The fraction of sp³-hybridized carbons (Fsp3) is 0.208. The second-order valence-corrected chi connectivity index (χ2v) is 9.79. The number of amides is 1. The summed E-state index contributed by atoms with van der Waals surface area (Å²) in [7, 11) is -3.88. The van der Waals surface area contributed by atoms with Crippen molar-refractivity contribution < 1.29 is 31.1 Å². The Morgan fingerprint density at radius 2 is 1.60 bits per heavy atom. The minimum absolute atomic E-state index is 0.0288. The van der Waals surface area contributed by atoms with Crippen molar-refractivity contribution in [3.63, 3.8) is 0 Å². The van der Waals surface area contributed by atoms with Crippen LogP contribution in [0.4, 0.5) is 24.5 Å². The Morgan fingerprint density at radius 3 is 2.11 bits per heavy atom. The summed E-state index contributed by atoms with van der Waals surface area (Å²) in [5.74, 6) is 0.123. The molecule has 11 heteroatoms. The SMILES string of the molecule is Cc1ccc(Oc2ccc(N(C[C@H](Nc3cccc(C(F)(F)F)c3)C(N)=O)S(C)(=O)=O)cc2)cc1. The van der Waals surface area contributed by atoms with Crippen molar-refractivity contribution in [3.05, 3.63) is 83.9 Å². The molecule has 3 rings (SSSR count). The Bertz CT molecular complexity index is 1280. The van der Waals surface area contributed by atoms with Crippen molar-refractivity contribution >= 4 is 27.3 Å². The van der Waals surface area contributed by atoms with Crippen LogP contribution in [-0.2, 0) is 21.0 Å². The van der Waals surface area contributed by atoms with Crippen LogP contribution in [0.1, 0.15) is 11.1 Å². The summed E-state index contributed by atoms with van der Waals surface area (Å²) in [5.41, 5.74) is 5.78. The number of benzene rings is 3. The summed E-state index contributed by atoms with van der Waals surface area (Å²) in [4.78, 5) is 12.1. The van der Waals surface area contributed by atoms with E-state index in [0.717, 1.165) is 28.3 Å². The molecule has 0 heterocycles. The van der Waals surface area contributed by atoms with Crippen LogP contribution in [0.2, 0.25) is 0 Å². The zero-order valence-corrected chi connectivity index (χ0v) is 19.7. The minimum Gasteiger partial charge on any atom is -0.457 e. The molecule has 3 aromatic rings. The van der Waals surface area contributed by atoms with Crippen molar-refractivity contribution in [2.24, 2.45) is 5.73 Å². The van der Waals surface area contributed by atoms with Gasteiger partial charge in [0.05, 0.1) is 24.1 Å². The molecule has 0 aliphatic rings. The largest absolute Gasteiger partial charge is 0.457 e. The predicted octanol–water partition coefficient (Wildman–Crippen LogP) is 4.54. The molecule has 0 aliphatic carbocycles. The van der Waals surface area contributed by atoms with Gasteiger partial charge in [-0.15, -0.1) is 0 Å². The number of hydrogen-bond acceptors (Lipinski definition) is 5. The molecule has 3 aromatic carbocycles. The third-order valence-corrected chi connectivity index (χ3v) is 6.16. The third-order valence-electron chi connectivity index (χ3n) is 5.00. The molecular weight excluding hydrogens is 483 g/mol. The number of nitrogens with two attached hydrogens (primary N) is 1. The first-order chi connectivity index (χ1) is 16.3. The van der Waals surface area contributed by atoms with Crippen molar-refractivity contribution in [1.29, 1.82) is 0 Å². The summed E-state index contributed by atoms with van der Waals surface area (Å²) in [6.45, 7) is 1.50. The van der Waals surface area contributed by atoms with E-state index in [1.54, 1.807) is 24.3 Å². The topological polar surface area (TPSA) is 102 Å². The van der Waals surface area contributed by atoms with Crippen LogP contribution >= 0.6 is 0 Å². The first-order valence-corrected chi connectivity index (χ1v) is 12.2. The van der Waals surface area contributed by atoms with Gasteiger partial charge in [0, 0.05) is 5.69 Å². The summed E-state index contributed by atoms with van der Waals surface area (Å²) in [6, 6.07) is 16.4. The van der Waals surface area contributed by atoms with Crippen LogP contribution in [-0.4, -0.2) is 33.2 Å². The van der Waals surface area contributed by atoms with Gasteiger partial charge in [0.2, 0.25) is 15.9 Å². The average Bonchev–Trinajstić information content (AvgIpc) is 2.77. The van der Waals surface area contributed by atoms with E-state index in [9.17, 15) is 26.4 Å². The number of halogens is 3. The molecule has 0 radical (unpaired) electrons. The zero-order valence-electron chi connectivity index (χ0n) is 18.9. The second-order valence-electron chi connectivity index (χ2n) is 7.88. The number of alkyl halides is 3. The smallest absolute Gasteiger partial charge is 0.416 e. The second kappa shape index (κ2) is 10.3. The first kappa shape index (κ1) is 25.9. The Balaban J connectivity index is 1.82. The van der Waals surface area contributed by atoms with E-state index in [0.29, 0.717) is 11.5 Å². The molecule has 0 bridgehead atoms. The molecule has 1 atom stereocenters. The molecule has 0 spiro atoms. The number of carbonyl (C=O) groups excluding carboxylic acids is 1. The molecule has 186 valence electrons. The number of hydrogen-bond donors (Lipinski definition) is 2. The predicted molar refractivity (Wildman–Crippen MR) is 128 cm³/mol. The lowest BCUT2D eigenvalue weighted by atomic mass is 10.1. The standard InChI is InChI=1S/C24H24F3N3O4S/c1-16-6-10-20(11-7-16)34-21-12-8-19(9-13-21)30(35(2,32)33)15-22(23(28)31)29-18-5-3-4-17(14-18)24(25,26)27/h3-14,22,29H,15H2,1-2H3,(H2,28,31)/t22-/m0/s1. The number of aryl methyl sites for hydroxylation is 1. The Labute approximate surface area is 201 Å². The molecule has 0 unspecified atom stereocenters. The average molecular weight is 508 g/mol. The highest BCUT2D eigenvalue weighted by atomic mass is 32.2. The van der Waals surface area contributed by atoms with Gasteiger partial charge in [0.1, 0.15) is 17.5 Å². The van der Waals surface area contributed by atoms with Gasteiger partial charge >= 0.3 is 6.18 Å². The maximum atomic E-state index is 13.0. The summed E-state index contributed by atoms with van der Waals surface area (Å²) < 4.78 is 70.8. The molecule has 7 nitrogen and oxygen atoms in total. The van der Waals surface area contributed by atoms with Gasteiger partial charge in [-0.3, -0.25) is 9.10 Å².